The summed E-state index contributed by atoms with van der Waals surface area (Å²) in [6.45, 7) is 1.49. The van der Waals surface area contributed by atoms with E-state index in [1.54, 1.807) is 0 Å². The molecule has 6 nitrogen and oxygen atoms in total. The number of rotatable bonds is 5. The third-order valence-corrected chi connectivity index (χ3v) is 3.23. The lowest BCUT2D eigenvalue weighted by Crippen LogP contribution is -2.22. The van der Waals surface area contributed by atoms with Crippen LogP contribution in [-0.2, 0) is 4.74 Å². The van der Waals surface area contributed by atoms with Crippen molar-refractivity contribution in [3.05, 3.63) is 27.4 Å². The van der Waals surface area contributed by atoms with Crippen LogP contribution in [0.25, 0.3) is 0 Å². The van der Waals surface area contributed by atoms with Crippen molar-refractivity contribution in [1.29, 1.82) is 0 Å². The zero-order chi connectivity index (χ0) is 13.7. The van der Waals surface area contributed by atoms with E-state index in [0.717, 1.165) is 25.9 Å². The molecular weight excluding hydrogens is 270 g/mol. The van der Waals surface area contributed by atoms with Gasteiger partial charge in [0.25, 0.3) is 5.69 Å². The molecule has 1 saturated heterocycles. The second-order valence-corrected chi connectivity index (χ2v) is 4.88. The lowest BCUT2D eigenvalue weighted by molar-refractivity contribution is -0.384. The standard InChI is InChI=1S/C12H16ClN3O3/c13-11-7-9(16(17)18)8-12(15-11)14-5-4-10-3-1-2-6-19-10/h7-8,10H,1-6H2,(H,14,15). The fourth-order valence-electron chi connectivity index (χ4n) is 2.08. The van der Waals surface area contributed by atoms with Gasteiger partial charge in [0.05, 0.1) is 23.2 Å². The van der Waals surface area contributed by atoms with Gasteiger partial charge in [0.15, 0.2) is 0 Å². The van der Waals surface area contributed by atoms with Gasteiger partial charge < -0.3 is 10.1 Å². The van der Waals surface area contributed by atoms with E-state index in [2.05, 4.69) is 10.3 Å². The number of ether oxygens (including phenoxy) is 1. The summed E-state index contributed by atoms with van der Waals surface area (Å²) in [5, 5.41) is 13.9. The molecule has 0 saturated carbocycles. The summed E-state index contributed by atoms with van der Waals surface area (Å²) in [6, 6.07) is 2.62. The summed E-state index contributed by atoms with van der Waals surface area (Å²) in [5.74, 6) is 0.426. The normalized spacial score (nSPS) is 19.1. The van der Waals surface area contributed by atoms with Crippen molar-refractivity contribution >= 4 is 23.1 Å². The number of hydrogen-bond acceptors (Lipinski definition) is 5. The molecule has 0 amide bonds. The maximum absolute atomic E-state index is 10.7. The van der Waals surface area contributed by atoms with Crippen LogP contribution in [-0.4, -0.2) is 29.2 Å². The predicted molar refractivity (Wildman–Crippen MR) is 72.6 cm³/mol. The van der Waals surface area contributed by atoms with Crippen LogP contribution < -0.4 is 5.32 Å². The maximum Gasteiger partial charge on any atom is 0.276 e. The molecule has 0 radical (unpaired) electrons. The first-order chi connectivity index (χ1) is 9.15. The maximum atomic E-state index is 10.7. The third kappa shape index (κ3) is 4.33. The molecule has 1 N–H and O–H groups in total. The van der Waals surface area contributed by atoms with E-state index < -0.39 is 4.92 Å². The monoisotopic (exact) mass is 285 g/mol. The van der Waals surface area contributed by atoms with Crippen LogP contribution in [0.3, 0.4) is 0 Å². The van der Waals surface area contributed by atoms with E-state index in [9.17, 15) is 10.1 Å². The molecule has 7 heteroatoms. The van der Waals surface area contributed by atoms with Crippen molar-refractivity contribution < 1.29 is 9.66 Å². The summed E-state index contributed by atoms with van der Waals surface area (Å²) < 4.78 is 5.61. The quantitative estimate of drug-likeness (QED) is 0.511. The Kier molecular flexibility index (Phi) is 4.93. The Balaban J connectivity index is 1.86. The number of aromatic nitrogens is 1. The highest BCUT2D eigenvalue weighted by Crippen LogP contribution is 2.21. The smallest absolute Gasteiger partial charge is 0.276 e. The second-order valence-electron chi connectivity index (χ2n) is 4.49. The molecule has 1 fully saturated rings. The van der Waals surface area contributed by atoms with Crippen LogP contribution in [0.1, 0.15) is 25.7 Å². The van der Waals surface area contributed by atoms with Crippen LogP contribution in [0.4, 0.5) is 11.5 Å². The van der Waals surface area contributed by atoms with Gasteiger partial charge in [-0.25, -0.2) is 4.98 Å². The first kappa shape index (κ1) is 14.0. The van der Waals surface area contributed by atoms with E-state index in [-0.39, 0.29) is 16.9 Å². The largest absolute Gasteiger partial charge is 0.378 e. The molecule has 1 atom stereocenters. The molecule has 2 heterocycles. The molecule has 1 aliphatic rings. The summed E-state index contributed by atoms with van der Waals surface area (Å²) in [5.41, 5.74) is -0.0589. The molecular formula is C12H16ClN3O3. The lowest BCUT2D eigenvalue weighted by Gasteiger charge is -2.22. The van der Waals surface area contributed by atoms with E-state index in [1.165, 1.54) is 18.6 Å². The number of halogens is 1. The van der Waals surface area contributed by atoms with Crippen LogP contribution >= 0.6 is 11.6 Å². The van der Waals surface area contributed by atoms with Gasteiger partial charge >= 0.3 is 0 Å². The van der Waals surface area contributed by atoms with Gasteiger partial charge in [0, 0.05) is 13.2 Å². The molecule has 0 spiro atoms. The Morgan fingerprint density at radius 2 is 2.37 bits per heavy atom. The Hall–Kier alpha value is -1.40. The van der Waals surface area contributed by atoms with Gasteiger partial charge in [-0.05, 0) is 25.7 Å². The second kappa shape index (κ2) is 6.68. The predicted octanol–water partition coefficient (Wildman–Crippen LogP) is 3.01. The molecule has 0 aliphatic carbocycles. The summed E-state index contributed by atoms with van der Waals surface area (Å²) in [6.07, 6.45) is 4.54. The average Bonchev–Trinajstić information content (AvgIpc) is 2.39. The first-order valence-corrected chi connectivity index (χ1v) is 6.70. The fourth-order valence-corrected chi connectivity index (χ4v) is 2.28. The van der Waals surface area contributed by atoms with Gasteiger partial charge in [-0.3, -0.25) is 10.1 Å². The molecule has 1 aromatic heterocycles. The highest BCUT2D eigenvalue weighted by Gasteiger charge is 2.14. The topological polar surface area (TPSA) is 77.3 Å². The van der Waals surface area contributed by atoms with Gasteiger partial charge in [-0.1, -0.05) is 11.6 Å². The number of pyridine rings is 1. The van der Waals surface area contributed by atoms with Gasteiger partial charge in [0.2, 0.25) is 0 Å². The highest BCUT2D eigenvalue weighted by molar-refractivity contribution is 6.29. The van der Waals surface area contributed by atoms with Crippen molar-refractivity contribution in [3.63, 3.8) is 0 Å². The minimum Gasteiger partial charge on any atom is -0.378 e. The van der Waals surface area contributed by atoms with E-state index in [1.807, 2.05) is 0 Å². The van der Waals surface area contributed by atoms with E-state index >= 15 is 0 Å². The van der Waals surface area contributed by atoms with Crippen molar-refractivity contribution in [3.8, 4) is 0 Å². The summed E-state index contributed by atoms with van der Waals surface area (Å²) in [4.78, 5) is 14.2. The fraction of sp³-hybridized carbons (Fsp3) is 0.583. The van der Waals surface area contributed by atoms with Crippen molar-refractivity contribution in [2.75, 3.05) is 18.5 Å². The van der Waals surface area contributed by atoms with Crippen molar-refractivity contribution in [2.24, 2.45) is 0 Å². The van der Waals surface area contributed by atoms with Crippen molar-refractivity contribution in [1.82, 2.24) is 4.98 Å². The van der Waals surface area contributed by atoms with Gasteiger partial charge in [0.1, 0.15) is 11.0 Å². The zero-order valence-electron chi connectivity index (χ0n) is 10.5. The number of anilines is 1. The molecule has 19 heavy (non-hydrogen) atoms. The summed E-state index contributed by atoms with van der Waals surface area (Å²) >= 11 is 5.74. The SMILES string of the molecule is O=[N+]([O-])c1cc(Cl)nc(NCCC2CCCCO2)c1. The lowest BCUT2D eigenvalue weighted by atomic mass is 10.1. The first-order valence-electron chi connectivity index (χ1n) is 6.32. The number of hydrogen-bond donors (Lipinski definition) is 1. The Morgan fingerprint density at radius 3 is 3.05 bits per heavy atom. The van der Waals surface area contributed by atoms with E-state index in [4.69, 9.17) is 16.3 Å². The van der Waals surface area contributed by atoms with E-state index in [0.29, 0.717) is 12.4 Å². The molecule has 2 rings (SSSR count). The average molecular weight is 286 g/mol. The minimum absolute atomic E-state index is 0.0589. The number of nitrogens with zero attached hydrogens (tertiary/aromatic N) is 2. The zero-order valence-corrected chi connectivity index (χ0v) is 11.2. The van der Waals surface area contributed by atoms with Crippen molar-refractivity contribution in [2.45, 2.75) is 31.8 Å². The molecule has 1 unspecified atom stereocenters. The number of nitrogens with one attached hydrogen (secondary N) is 1. The van der Waals surface area contributed by atoms with Crippen LogP contribution in [0.15, 0.2) is 12.1 Å². The molecule has 104 valence electrons. The minimum atomic E-state index is -0.483. The highest BCUT2D eigenvalue weighted by atomic mass is 35.5. The Morgan fingerprint density at radius 1 is 1.53 bits per heavy atom. The van der Waals surface area contributed by atoms with Crippen LogP contribution in [0.5, 0.6) is 0 Å². The Labute approximate surface area is 116 Å². The molecule has 1 aliphatic heterocycles. The summed E-state index contributed by atoms with van der Waals surface area (Å²) in [7, 11) is 0. The van der Waals surface area contributed by atoms with Crippen LogP contribution in [0, 0.1) is 10.1 Å². The van der Waals surface area contributed by atoms with Gasteiger partial charge in [-0.15, -0.1) is 0 Å². The van der Waals surface area contributed by atoms with Gasteiger partial charge in [-0.2, -0.15) is 0 Å². The molecule has 0 aromatic carbocycles. The number of nitro groups is 1. The van der Waals surface area contributed by atoms with Crippen LogP contribution in [0.2, 0.25) is 5.15 Å². The third-order valence-electron chi connectivity index (χ3n) is 3.04. The molecule has 0 bridgehead atoms. The molecule has 1 aromatic rings. The Bertz CT molecular complexity index is 450.